The Morgan fingerprint density at radius 1 is 1.33 bits per heavy atom. The van der Waals surface area contributed by atoms with Crippen LogP contribution in [-0.2, 0) is 14.3 Å². The van der Waals surface area contributed by atoms with Crippen LogP contribution in [0.25, 0.3) is 0 Å². The highest BCUT2D eigenvalue weighted by Crippen LogP contribution is 2.12. The quantitative estimate of drug-likeness (QED) is 0.717. The van der Waals surface area contributed by atoms with Gasteiger partial charge in [-0.05, 0) is 12.5 Å². The summed E-state index contributed by atoms with van der Waals surface area (Å²) in [4.78, 5) is 22.7. The zero-order valence-corrected chi connectivity index (χ0v) is 10.3. The maximum Gasteiger partial charge on any atom is 0.330 e. The van der Waals surface area contributed by atoms with Gasteiger partial charge >= 0.3 is 5.97 Å². The van der Waals surface area contributed by atoms with E-state index in [9.17, 15) is 9.59 Å². The first-order valence-electron chi connectivity index (χ1n) is 5.80. The molecule has 5 nitrogen and oxygen atoms in total. The van der Waals surface area contributed by atoms with E-state index < -0.39 is 12.0 Å². The first-order valence-corrected chi connectivity index (χ1v) is 5.80. The molecule has 0 aliphatic heterocycles. The van der Waals surface area contributed by atoms with Crippen LogP contribution in [0.15, 0.2) is 30.3 Å². The van der Waals surface area contributed by atoms with Gasteiger partial charge < -0.3 is 15.2 Å². The van der Waals surface area contributed by atoms with Gasteiger partial charge in [0.25, 0.3) is 0 Å². The van der Waals surface area contributed by atoms with Crippen molar-refractivity contribution in [3.8, 4) is 0 Å². The van der Waals surface area contributed by atoms with Crippen molar-refractivity contribution in [3.63, 3.8) is 0 Å². The summed E-state index contributed by atoms with van der Waals surface area (Å²) in [7, 11) is 0. The van der Waals surface area contributed by atoms with Crippen molar-refractivity contribution < 1.29 is 19.4 Å². The van der Waals surface area contributed by atoms with E-state index in [-0.39, 0.29) is 12.3 Å². The molecule has 0 aliphatic rings. The van der Waals surface area contributed by atoms with E-state index in [4.69, 9.17) is 9.84 Å². The van der Waals surface area contributed by atoms with E-state index in [2.05, 4.69) is 5.32 Å². The third-order valence-electron chi connectivity index (χ3n) is 2.36. The highest BCUT2D eigenvalue weighted by molar-refractivity contribution is 5.84. The Labute approximate surface area is 106 Å². The van der Waals surface area contributed by atoms with Crippen molar-refractivity contribution in [2.75, 3.05) is 13.2 Å². The zero-order valence-electron chi connectivity index (χ0n) is 10.3. The molecule has 0 spiro atoms. The largest absolute Gasteiger partial charge is 0.479 e. The summed E-state index contributed by atoms with van der Waals surface area (Å²) in [5, 5.41) is 11.6. The monoisotopic (exact) mass is 251 g/mol. The molecule has 1 atom stereocenters. The van der Waals surface area contributed by atoms with Gasteiger partial charge in [-0.15, -0.1) is 0 Å². The van der Waals surface area contributed by atoms with Crippen LogP contribution in [0.3, 0.4) is 0 Å². The molecular weight excluding hydrogens is 234 g/mol. The molecule has 0 unspecified atom stereocenters. The maximum atomic E-state index is 11.6. The molecule has 1 rings (SSSR count). The topological polar surface area (TPSA) is 75.6 Å². The fraction of sp³-hybridized carbons (Fsp3) is 0.385. The molecule has 5 heteroatoms. The Hall–Kier alpha value is -1.88. The van der Waals surface area contributed by atoms with Gasteiger partial charge in [0.1, 0.15) is 0 Å². The summed E-state index contributed by atoms with van der Waals surface area (Å²) in [6.07, 6.45) is 0.157. The Balaban J connectivity index is 2.59. The summed E-state index contributed by atoms with van der Waals surface area (Å²) in [5.41, 5.74) is 0.551. The zero-order chi connectivity index (χ0) is 13.4. The lowest BCUT2D eigenvalue weighted by Crippen LogP contribution is -2.34. The number of carbonyl (C=O) groups excluding carboxylic acids is 1. The van der Waals surface area contributed by atoms with Crippen LogP contribution in [0.4, 0.5) is 0 Å². The molecule has 1 aromatic rings. The standard InChI is InChI=1S/C13H17NO4/c1-2-18-9-8-11(15)14-12(13(16)17)10-6-4-3-5-7-10/h3-7,12H,2,8-9H2,1H3,(H,14,15)(H,16,17)/t12-/m1/s1. The van der Waals surface area contributed by atoms with Crippen LogP contribution in [0.2, 0.25) is 0 Å². The van der Waals surface area contributed by atoms with Crippen molar-refractivity contribution in [2.45, 2.75) is 19.4 Å². The predicted octanol–water partition coefficient (Wildman–Crippen LogP) is 1.36. The SMILES string of the molecule is CCOCCC(=O)N[C@@H](C(=O)O)c1ccccc1. The molecule has 0 bridgehead atoms. The Kier molecular flexibility index (Phi) is 5.87. The summed E-state index contributed by atoms with van der Waals surface area (Å²) >= 11 is 0. The molecule has 98 valence electrons. The number of rotatable bonds is 7. The average Bonchev–Trinajstić information content (AvgIpc) is 2.37. The number of hydrogen-bond acceptors (Lipinski definition) is 3. The smallest absolute Gasteiger partial charge is 0.330 e. The van der Waals surface area contributed by atoms with Crippen molar-refractivity contribution >= 4 is 11.9 Å². The number of nitrogens with one attached hydrogen (secondary N) is 1. The molecule has 0 radical (unpaired) electrons. The molecule has 18 heavy (non-hydrogen) atoms. The fourth-order valence-electron chi connectivity index (χ4n) is 1.48. The molecule has 0 saturated heterocycles. The van der Waals surface area contributed by atoms with Crippen molar-refractivity contribution in [1.82, 2.24) is 5.32 Å². The van der Waals surface area contributed by atoms with Gasteiger partial charge in [0.05, 0.1) is 6.61 Å². The first-order chi connectivity index (χ1) is 8.65. The van der Waals surface area contributed by atoms with Crippen LogP contribution in [-0.4, -0.2) is 30.2 Å². The average molecular weight is 251 g/mol. The van der Waals surface area contributed by atoms with Crippen LogP contribution < -0.4 is 5.32 Å². The Morgan fingerprint density at radius 3 is 2.56 bits per heavy atom. The molecule has 0 fully saturated rings. The minimum absolute atomic E-state index is 0.157. The van der Waals surface area contributed by atoms with Crippen LogP contribution in [0.5, 0.6) is 0 Å². The highest BCUT2D eigenvalue weighted by Gasteiger charge is 2.21. The number of carboxylic acid groups (broad SMARTS) is 1. The van der Waals surface area contributed by atoms with Crippen molar-refractivity contribution in [2.24, 2.45) is 0 Å². The minimum atomic E-state index is -1.08. The lowest BCUT2D eigenvalue weighted by atomic mass is 10.1. The number of hydrogen-bond donors (Lipinski definition) is 2. The maximum absolute atomic E-state index is 11.6. The molecular formula is C13H17NO4. The molecule has 1 amide bonds. The third-order valence-corrected chi connectivity index (χ3v) is 2.36. The number of amides is 1. The molecule has 0 aliphatic carbocycles. The Morgan fingerprint density at radius 2 is 2.00 bits per heavy atom. The highest BCUT2D eigenvalue weighted by atomic mass is 16.5. The van der Waals surface area contributed by atoms with Crippen LogP contribution in [0, 0.1) is 0 Å². The van der Waals surface area contributed by atoms with Gasteiger partial charge in [0.2, 0.25) is 5.91 Å². The number of carbonyl (C=O) groups is 2. The molecule has 0 heterocycles. The van der Waals surface area contributed by atoms with Crippen LogP contribution >= 0.6 is 0 Å². The van der Waals surface area contributed by atoms with Gasteiger partial charge in [-0.1, -0.05) is 30.3 Å². The molecule has 1 aromatic carbocycles. The third kappa shape index (κ3) is 4.55. The van der Waals surface area contributed by atoms with E-state index in [1.54, 1.807) is 30.3 Å². The first kappa shape index (κ1) is 14.2. The van der Waals surface area contributed by atoms with E-state index in [1.165, 1.54) is 0 Å². The van der Waals surface area contributed by atoms with Gasteiger partial charge in [-0.25, -0.2) is 4.79 Å². The number of benzene rings is 1. The van der Waals surface area contributed by atoms with Gasteiger partial charge in [0, 0.05) is 13.0 Å². The summed E-state index contributed by atoms with van der Waals surface area (Å²) < 4.78 is 5.04. The second-order valence-corrected chi connectivity index (χ2v) is 3.70. The Bertz CT molecular complexity index is 391. The number of ether oxygens (including phenoxy) is 1. The van der Waals surface area contributed by atoms with Gasteiger partial charge in [0.15, 0.2) is 6.04 Å². The van der Waals surface area contributed by atoms with Gasteiger partial charge in [-0.2, -0.15) is 0 Å². The summed E-state index contributed by atoms with van der Waals surface area (Å²) in [5.74, 6) is -1.41. The van der Waals surface area contributed by atoms with E-state index in [1.807, 2.05) is 6.92 Å². The van der Waals surface area contributed by atoms with Gasteiger partial charge in [-0.3, -0.25) is 4.79 Å². The minimum Gasteiger partial charge on any atom is -0.479 e. The molecule has 2 N–H and O–H groups in total. The normalized spacial score (nSPS) is 11.8. The van der Waals surface area contributed by atoms with Crippen LogP contribution in [0.1, 0.15) is 24.9 Å². The van der Waals surface area contributed by atoms with Crippen molar-refractivity contribution in [1.29, 1.82) is 0 Å². The van der Waals surface area contributed by atoms with Crippen molar-refractivity contribution in [3.05, 3.63) is 35.9 Å². The molecule has 0 aromatic heterocycles. The summed E-state index contributed by atoms with van der Waals surface area (Å²) in [6, 6.07) is 7.58. The lowest BCUT2D eigenvalue weighted by molar-refractivity contribution is -0.142. The van der Waals surface area contributed by atoms with E-state index in [0.29, 0.717) is 18.8 Å². The van der Waals surface area contributed by atoms with E-state index >= 15 is 0 Å². The lowest BCUT2D eigenvalue weighted by Gasteiger charge is -2.14. The second kappa shape index (κ2) is 7.45. The second-order valence-electron chi connectivity index (χ2n) is 3.70. The fourth-order valence-corrected chi connectivity index (χ4v) is 1.48. The summed E-state index contributed by atoms with van der Waals surface area (Å²) in [6.45, 7) is 2.67. The number of aliphatic carboxylic acids is 1. The number of carboxylic acids is 1. The molecule has 0 saturated carbocycles. The van der Waals surface area contributed by atoms with E-state index in [0.717, 1.165) is 0 Å². The predicted molar refractivity (Wildman–Crippen MR) is 66.1 cm³/mol.